The van der Waals surface area contributed by atoms with E-state index >= 15 is 0 Å². The maximum Gasteiger partial charge on any atom is 0.343 e. The Labute approximate surface area is 144 Å². The van der Waals surface area contributed by atoms with E-state index in [0.717, 1.165) is 5.56 Å². The number of rotatable bonds is 6. The Hall–Kier alpha value is -2.86. The van der Waals surface area contributed by atoms with Crippen LogP contribution in [-0.2, 0) is 9.53 Å². The van der Waals surface area contributed by atoms with Crippen LogP contribution in [0.5, 0.6) is 5.75 Å². The molecule has 7 heteroatoms. The molecule has 0 atom stereocenters. The van der Waals surface area contributed by atoms with Gasteiger partial charge in [-0.15, -0.1) is 0 Å². The zero-order valence-electron chi connectivity index (χ0n) is 12.9. The van der Waals surface area contributed by atoms with Crippen molar-refractivity contribution in [2.24, 2.45) is 5.10 Å². The largest absolute Gasteiger partial charge is 0.482 e. The predicted octanol–water partition coefficient (Wildman–Crippen LogP) is 2.66. The van der Waals surface area contributed by atoms with E-state index in [1.807, 2.05) is 0 Å². The molecular weight excluding hydrogens is 332 g/mol. The lowest BCUT2D eigenvalue weighted by Gasteiger charge is -2.04. The van der Waals surface area contributed by atoms with Gasteiger partial charge in [0.15, 0.2) is 6.61 Å². The fourth-order valence-corrected chi connectivity index (χ4v) is 1.90. The van der Waals surface area contributed by atoms with E-state index in [4.69, 9.17) is 16.3 Å². The Morgan fingerprint density at radius 1 is 1.21 bits per heavy atom. The Balaban J connectivity index is 1.88. The topological polar surface area (TPSA) is 77.0 Å². The summed E-state index contributed by atoms with van der Waals surface area (Å²) in [5.41, 5.74) is 3.60. The number of esters is 1. The summed E-state index contributed by atoms with van der Waals surface area (Å²) in [7, 11) is 1.29. The molecule has 0 aliphatic rings. The van der Waals surface area contributed by atoms with E-state index < -0.39 is 5.97 Å². The van der Waals surface area contributed by atoms with Crippen molar-refractivity contribution in [2.45, 2.75) is 0 Å². The Morgan fingerprint density at radius 2 is 1.96 bits per heavy atom. The number of nitrogens with one attached hydrogen (secondary N) is 1. The van der Waals surface area contributed by atoms with Gasteiger partial charge >= 0.3 is 5.97 Å². The van der Waals surface area contributed by atoms with Crippen LogP contribution in [-0.4, -0.2) is 31.8 Å². The summed E-state index contributed by atoms with van der Waals surface area (Å²) in [5.74, 6) is -0.281. The molecule has 0 saturated heterocycles. The molecule has 2 aromatic rings. The quantitative estimate of drug-likeness (QED) is 0.495. The molecule has 1 N–H and O–H groups in total. The van der Waals surface area contributed by atoms with E-state index in [9.17, 15) is 9.59 Å². The molecule has 0 spiro atoms. The molecule has 0 unspecified atom stereocenters. The minimum absolute atomic E-state index is 0.153. The van der Waals surface area contributed by atoms with Crippen molar-refractivity contribution < 1.29 is 19.1 Å². The number of benzene rings is 2. The van der Waals surface area contributed by atoms with Crippen molar-refractivity contribution in [3.63, 3.8) is 0 Å². The van der Waals surface area contributed by atoms with Crippen LogP contribution in [0.15, 0.2) is 53.6 Å². The van der Waals surface area contributed by atoms with Gasteiger partial charge in [-0.1, -0.05) is 17.7 Å². The van der Waals surface area contributed by atoms with Crippen molar-refractivity contribution in [2.75, 3.05) is 13.7 Å². The van der Waals surface area contributed by atoms with Crippen molar-refractivity contribution in [3.05, 3.63) is 64.7 Å². The van der Waals surface area contributed by atoms with Crippen molar-refractivity contribution in [3.8, 4) is 5.75 Å². The molecular formula is C17H15ClN2O4. The van der Waals surface area contributed by atoms with Gasteiger partial charge in [-0.25, -0.2) is 10.2 Å². The van der Waals surface area contributed by atoms with Crippen molar-refractivity contribution in [1.29, 1.82) is 0 Å². The Kier molecular flexibility index (Phi) is 6.33. The van der Waals surface area contributed by atoms with Crippen molar-refractivity contribution in [1.82, 2.24) is 5.43 Å². The van der Waals surface area contributed by atoms with Gasteiger partial charge in [0, 0.05) is 10.6 Å². The second kappa shape index (κ2) is 8.69. The Bertz CT molecular complexity index is 745. The average molecular weight is 347 g/mol. The first kappa shape index (κ1) is 17.5. The second-order valence-electron chi connectivity index (χ2n) is 4.64. The van der Waals surface area contributed by atoms with Gasteiger partial charge in [-0.2, -0.15) is 5.10 Å². The van der Waals surface area contributed by atoms with Gasteiger partial charge in [-0.3, -0.25) is 4.79 Å². The summed E-state index contributed by atoms with van der Waals surface area (Å²) in [4.78, 5) is 22.8. The molecule has 2 aromatic carbocycles. The summed E-state index contributed by atoms with van der Waals surface area (Å²) in [5, 5.41) is 4.36. The lowest BCUT2D eigenvalue weighted by atomic mass is 10.2. The molecule has 0 radical (unpaired) electrons. The van der Waals surface area contributed by atoms with Crippen LogP contribution in [0.1, 0.15) is 15.9 Å². The highest BCUT2D eigenvalue weighted by atomic mass is 35.5. The molecule has 2 rings (SSSR count). The number of hydrogen-bond acceptors (Lipinski definition) is 5. The lowest BCUT2D eigenvalue weighted by molar-refractivity contribution is -0.142. The molecule has 0 heterocycles. The Morgan fingerprint density at radius 3 is 2.62 bits per heavy atom. The number of hydrogen-bond donors (Lipinski definition) is 1. The van der Waals surface area contributed by atoms with Crippen LogP contribution in [0, 0.1) is 0 Å². The van der Waals surface area contributed by atoms with Crippen LogP contribution in [0.2, 0.25) is 5.02 Å². The number of ether oxygens (including phenoxy) is 2. The summed E-state index contributed by atoms with van der Waals surface area (Å²) in [6.45, 7) is -0.153. The van der Waals surface area contributed by atoms with E-state index in [1.165, 1.54) is 13.3 Å². The normalized spacial score (nSPS) is 10.4. The zero-order chi connectivity index (χ0) is 17.4. The molecule has 124 valence electrons. The highest BCUT2D eigenvalue weighted by Gasteiger charge is 2.04. The summed E-state index contributed by atoms with van der Waals surface area (Å²) in [6.07, 6.45) is 1.49. The summed E-state index contributed by atoms with van der Waals surface area (Å²) in [6, 6.07) is 13.4. The van der Waals surface area contributed by atoms with Gasteiger partial charge in [0.25, 0.3) is 5.91 Å². The van der Waals surface area contributed by atoms with E-state index in [1.54, 1.807) is 48.5 Å². The number of amides is 1. The van der Waals surface area contributed by atoms with Gasteiger partial charge in [-0.05, 0) is 48.0 Å². The minimum Gasteiger partial charge on any atom is -0.482 e. The molecule has 1 amide bonds. The van der Waals surface area contributed by atoms with Crippen LogP contribution in [0.3, 0.4) is 0 Å². The first-order valence-electron chi connectivity index (χ1n) is 6.97. The monoisotopic (exact) mass is 346 g/mol. The molecule has 0 aliphatic heterocycles. The fraction of sp³-hybridized carbons (Fsp3) is 0.118. The standard InChI is InChI=1S/C17H15ClN2O4/c1-23-16(21)11-24-15-7-5-12(6-8-15)10-19-20-17(22)13-3-2-4-14(18)9-13/h2-10H,11H2,1H3,(H,20,22)/b19-10-. The third-order valence-electron chi connectivity index (χ3n) is 2.93. The lowest BCUT2D eigenvalue weighted by Crippen LogP contribution is -2.17. The van der Waals surface area contributed by atoms with Crippen LogP contribution in [0.25, 0.3) is 0 Å². The molecule has 24 heavy (non-hydrogen) atoms. The number of carbonyl (C=O) groups excluding carboxylic acids is 2. The number of hydrazone groups is 1. The number of carbonyl (C=O) groups is 2. The number of methoxy groups -OCH3 is 1. The first-order valence-corrected chi connectivity index (χ1v) is 7.35. The number of halogens is 1. The molecule has 0 bridgehead atoms. The van der Waals surface area contributed by atoms with Crippen molar-refractivity contribution >= 4 is 29.7 Å². The molecule has 6 nitrogen and oxygen atoms in total. The molecule has 0 saturated carbocycles. The maximum atomic E-state index is 11.9. The maximum absolute atomic E-state index is 11.9. The predicted molar refractivity (Wildman–Crippen MR) is 90.5 cm³/mol. The van der Waals surface area contributed by atoms with Gasteiger partial charge < -0.3 is 9.47 Å². The summed E-state index contributed by atoms with van der Waals surface area (Å²) >= 11 is 5.83. The molecule has 0 fully saturated rings. The van der Waals surface area contributed by atoms with Crippen LogP contribution < -0.4 is 10.2 Å². The third kappa shape index (κ3) is 5.40. The second-order valence-corrected chi connectivity index (χ2v) is 5.08. The molecule has 0 aliphatic carbocycles. The first-order chi connectivity index (χ1) is 11.6. The number of nitrogens with zero attached hydrogens (tertiary/aromatic N) is 1. The average Bonchev–Trinajstić information content (AvgIpc) is 2.60. The third-order valence-corrected chi connectivity index (χ3v) is 3.17. The van der Waals surface area contributed by atoms with E-state index in [0.29, 0.717) is 16.3 Å². The summed E-state index contributed by atoms with van der Waals surface area (Å²) < 4.78 is 9.71. The highest BCUT2D eigenvalue weighted by molar-refractivity contribution is 6.30. The van der Waals surface area contributed by atoms with Gasteiger partial charge in [0.1, 0.15) is 5.75 Å². The smallest absolute Gasteiger partial charge is 0.343 e. The SMILES string of the molecule is COC(=O)COc1ccc(/C=N\NC(=O)c2cccc(Cl)c2)cc1. The minimum atomic E-state index is -0.454. The van der Waals surface area contributed by atoms with Crippen LogP contribution >= 0.6 is 11.6 Å². The van der Waals surface area contributed by atoms with E-state index in [-0.39, 0.29) is 12.5 Å². The fourth-order valence-electron chi connectivity index (χ4n) is 1.71. The molecule has 0 aromatic heterocycles. The van der Waals surface area contributed by atoms with Gasteiger partial charge in [0.05, 0.1) is 13.3 Å². The van der Waals surface area contributed by atoms with Gasteiger partial charge in [0.2, 0.25) is 0 Å². The van der Waals surface area contributed by atoms with E-state index in [2.05, 4.69) is 15.3 Å². The highest BCUT2D eigenvalue weighted by Crippen LogP contribution is 2.12. The zero-order valence-corrected chi connectivity index (χ0v) is 13.6. The van der Waals surface area contributed by atoms with Crippen LogP contribution in [0.4, 0.5) is 0 Å².